The van der Waals surface area contributed by atoms with Crippen LogP contribution in [0, 0.1) is 0 Å². The van der Waals surface area contributed by atoms with Gasteiger partial charge in [-0.25, -0.2) is 4.98 Å². The third kappa shape index (κ3) is 4.02. The van der Waals surface area contributed by atoms with Gasteiger partial charge < -0.3 is 4.74 Å². The molecule has 0 bridgehead atoms. The van der Waals surface area contributed by atoms with Gasteiger partial charge in [0.25, 0.3) is 0 Å². The fourth-order valence-corrected chi connectivity index (χ4v) is 1.39. The van der Waals surface area contributed by atoms with Crippen molar-refractivity contribution in [3.63, 3.8) is 0 Å². The van der Waals surface area contributed by atoms with Gasteiger partial charge in [-0.05, 0) is 24.3 Å². The van der Waals surface area contributed by atoms with Gasteiger partial charge in [0.05, 0.1) is 6.21 Å². The van der Waals surface area contributed by atoms with Crippen molar-refractivity contribution < 1.29 is 13.5 Å². The van der Waals surface area contributed by atoms with E-state index >= 15 is 0 Å². The second kappa shape index (κ2) is 6.44. The smallest absolute Gasteiger partial charge is 0.387 e. The maximum Gasteiger partial charge on any atom is 0.387 e. The summed E-state index contributed by atoms with van der Waals surface area (Å²) in [5.41, 5.74) is 3.14. The number of para-hydroxylation sites is 1. The van der Waals surface area contributed by atoms with Crippen molar-refractivity contribution in [2.75, 3.05) is 5.43 Å². The van der Waals surface area contributed by atoms with E-state index in [1.165, 1.54) is 12.3 Å². The van der Waals surface area contributed by atoms with E-state index in [0.29, 0.717) is 11.4 Å². The number of hydrogen-bond acceptors (Lipinski definition) is 4. The number of pyridine rings is 1. The quantitative estimate of drug-likeness (QED) is 0.666. The number of halogens is 2. The van der Waals surface area contributed by atoms with Gasteiger partial charge in [-0.3, -0.25) is 5.43 Å². The average molecular weight is 263 g/mol. The number of nitrogens with one attached hydrogen (secondary N) is 1. The van der Waals surface area contributed by atoms with Gasteiger partial charge in [0.2, 0.25) is 0 Å². The first-order valence-electron chi connectivity index (χ1n) is 5.49. The Bertz CT molecular complexity index is 547. The van der Waals surface area contributed by atoms with Crippen molar-refractivity contribution in [3.8, 4) is 5.75 Å². The predicted octanol–water partition coefficient (Wildman–Crippen LogP) is 3.13. The Labute approximate surface area is 108 Å². The van der Waals surface area contributed by atoms with Crippen molar-refractivity contribution in [1.82, 2.24) is 4.98 Å². The van der Waals surface area contributed by atoms with Gasteiger partial charge in [-0.1, -0.05) is 18.2 Å². The molecule has 0 unspecified atom stereocenters. The summed E-state index contributed by atoms with van der Waals surface area (Å²) in [5, 5.41) is 3.92. The average Bonchev–Trinajstić information content (AvgIpc) is 2.41. The summed E-state index contributed by atoms with van der Waals surface area (Å²) in [6.45, 7) is -2.86. The molecule has 1 N–H and O–H groups in total. The summed E-state index contributed by atoms with van der Waals surface area (Å²) in [6.07, 6.45) is 3.01. The monoisotopic (exact) mass is 263 g/mol. The molecule has 6 heteroatoms. The van der Waals surface area contributed by atoms with Crippen molar-refractivity contribution in [3.05, 3.63) is 54.2 Å². The molecule has 0 spiro atoms. The van der Waals surface area contributed by atoms with Gasteiger partial charge >= 0.3 is 6.61 Å². The van der Waals surface area contributed by atoms with Crippen LogP contribution >= 0.6 is 0 Å². The standard InChI is InChI=1S/C13H11F2N3O/c14-13(15)19-11-6-2-1-5-10(11)9-17-18-12-7-3-4-8-16-12/h1-9,13H,(H,16,18). The van der Waals surface area contributed by atoms with Gasteiger partial charge in [0, 0.05) is 11.8 Å². The fraction of sp³-hybridized carbons (Fsp3) is 0.0769. The maximum atomic E-state index is 12.2. The Kier molecular flexibility index (Phi) is 4.39. The molecule has 1 heterocycles. The number of benzene rings is 1. The number of hydrogen-bond donors (Lipinski definition) is 1. The lowest BCUT2D eigenvalue weighted by atomic mass is 10.2. The third-order valence-corrected chi connectivity index (χ3v) is 2.18. The van der Waals surface area contributed by atoms with Crippen LogP contribution in [0.15, 0.2) is 53.8 Å². The molecule has 0 atom stereocenters. The number of hydrazone groups is 1. The van der Waals surface area contributed by atoms with Crippen molar-refractivity contribution >= 4 is 12.0 Å². The first-order chi connectivity index (χ1) is 9.25. The van der Waals surface area contributed by atoms with Crippen molar-refractivity contribution in [1.29, 1.82) is 0 Å². The molecule has 19 heavy (non-hydrogen) atoms. The largest absolute Gasteiger partial charge is 0.434 e. The number of rotatable bonds is 5. The molecule has 0 saturated heterocycles. The first-order valence-corrected chi connectivity index (χ1v) is 5.49. The Hall–Kier alpha value is -2.50. The van der Waals surface area contributed by atoms with Crippen LogP contribution in [0.25, 0.3) is 0 Å². The van der Waals surface area contributed by atoms with Crippen LogP contribution in [0.1, 0.15) is 5.56 Å². The van der Waals surface area contributed by atoms with E-state index in [0.717, 1.165) is 0 Å². The summed E-state index contributed by atoms with van der Waals surface area (Å²) in [7, 11) is 0. The van der Waals surface area contributed by atoms with E-state index in [9.17, 15) is 8.78 Å². The Morgan fingerprint density at radius 1 is 1.16 bits per heavy atom. The minimum atomic E-state index is -2.86. The zero-order valence-corrected chi connectivity index (χ0v) is 9.83. The number of anilines is 1. The normalized spacial score (nSPS) is 10.9. The van der Waals surface area contributed by atoms with Gasteiger partial charge in [-0.2, -0.15) is 13.9 Å². The lowest BCUT2D eigenvalue weighted by Gasteiger charge is -2.06. The van der Waals surface area contributed by atoms with Crippen LogP contribution in [0.3, 0.4) is 0 Å². The van der Waals surface area contributed by atoms with Gasteiger partial charge in [0.1, 0.15) is 11.6 Å². The Morgan fingerprint density at radius 2 is 1.95 bits per heavy atom. The molecule has 0 aliphatic rings. The fourth-order valence-electron chi connectivity index (χ4n) is 1.39. The minimum absolute atomic E-state index is 0.0732. The molecule has 98 valence electrons. The highest BCUT2D eigenvalue weighted by Gasteiger charge is 2.07. The molecular weight excluding hydrogens is 252 g/mol. The zero-order chi connectivity index (χ0) is 13.5. The molecule has 4 nitrogen and oxygen atoms in total. The molecule has 0 aliphatic heterocycles. The molecule has 2 aromatic rings. The van der Waals surface area contributed by atoms with Crippen molar-refractivity contribution in [2.24, 2.45) is 5.10 Å². The van der Waals surface area contributed by atoms with E-state index in [-0.39, 0.29) is 5.75 Å². The Morgan fingerprint density at radius 3 is 2.68 bits per heavy atom. The summed E-state index contributed by atoms with van der Waals surface area (Å²) < 4.78 is 28.8. The van der Waals surface area contributed by atoms with E-state index in [4.69, 9.17) is 0 Å². The third-order valence-electron chi connectivity index (χ3n) is 2.18. The molecule has 0 fully saturated rings. The molecule has 2 rings (SSSR count). The molecule has 0 aliphatic carbocycles. The number of aromatic nitrogens is 1. The molecular formula is C13H11F2N3O. The van der Waals surface area contributed by atoms with E-state index in [1.807, 2.05) is 0 Å². The van der Waals surface area contributed by atoms with Gasteiger partial charge in [-0.15, -0.1) is 0 Å². The second-order valence-electron chi connectivity index (χ2n) is 3.50. The minimum Gasteiger partial charge on any atom is -0.434 e. The van der Waals surface area contributed by atoms with E-state index in [2.05, 4.69) is 20.2 Å². The number of ether oxygens (including phenoxy) is 1. The molecule has 1 aromatic carbocycles. The van der Waals surface area contributed by atoms with E-state index in [1.54, 1.807) is 42.6 Å². The molecule has 0 radical (unpaired) electrons. The molecule has 0 amide bonds. The SMILES string of the molecule is FC(F)Oc1ccccc1C=NNc1ccccn1. The van der Waals surface area contributed by atoms with Crippen LogP contribution in [0.2, 0.25) is 0 Å². The van der Waals surface area contributed by atoms with Crippen LogP contribution < -0.4 is 10.2 Å². The zero-order valence-electron chi connectivity index (χ0n) is 9.83. The summed E-state index contributed by atoms with van der Waals surface area (Å²) in [6, 6.07) is 11.7. The van der Waals surface area contributed by atoms with Gasteiger partial charge in [0.15, 0.2) is 0 Å². The van der Waals surface area contributed by atoms with Crippen LogP contribution in [-0.4, -0.2) is 17.8 Å². The predicted molar refractivity (Wildman–Crippen MR) is 68.5 cm³/mol. The molecule has 1 aromatic heterocycles. The highest BCUT2D eigenvalue weighted by atomic mass is 19.3. The number of alkyl halides is 2. The number of nitrogens with zero attached hydrogens (tertiary/aromatic N) is 2. The van der Waals surface area contributed by atoms with Crippen LogP contribution in [0.5, 0.6) is 5.75 Å². The Balaban J connectivity index is 2.06. The summed E-state index contributed by atoms with van der Waals surface area (Å²) in [4.78, 5) is 4.00. The lowest BCUT2D eigenvalue weighted by molar-refractivity contribution is -0.0499. The maximum absolute atomic E-state index is 12.2. The van der Waals surface area contributed by atoms with Crippen LogP contribution in [0.4, 0.5) is 14.6 Å². The lowest BCUT2D eigenvalue weighted by Crippen LogP contribution is -2.04. The van der Waals surface area contributed by atoms with Crippen LogP contribution in [-0.2, 0) is 0 Å². The van der Waals surface area contributed by atoms with Crippen molar-refractivity contribution in [2.45, 2.75) is 6.61 Å². The second-order valence-corrected chi connectivity index (χ2v) is 3.50. The topological polar surface area (TPSA) is 46.5 Å². The highest BCUT2D eigenvalue weighted by molar-refractivity contribution is 5.83. The highest BCUT2D eigenvalue weighted by Crippen LogP contribution is 2.18. The first kappa shape index (κ1) is 12.9. The summed E-state index contributed by atoms with van der Waals surface area (Å²) in [5.74, 6) is 0.634. The molecule has 0 saturated carbocycles. The summed E-state index contributed by atoms with van der Waals surface area (Å²) >= 11 is 0. The van der Waals surface area contributed by atoms with E-state index < -0.39 is 6.61 Å².